The molecule has 0 bridgehead atoms. The molecule has 0 spiro atoms. The number of ketones is 1. The molecule has 2 rings (SSSR count). The second-order valence-electron chi connectivity index (χ2n) is 6.05. The SMILES string of the molecule is CCC1CCC(C(=O)C2(CC)CCNC2)CC1. The molecule has 2 fully saturated rings. The van der Waals surface area contributed by atoms with Crippen molar-refractivity contribution in [3.05, 3.63) is 0 Å². The van der Waals surface area contributed by atoms with Crippen LogP contribution in [0.4, 0.5) is 0 Å². The Balaban J connectivity index is 1.96. The molecule has 1 heterocycles. The van der Waals surface area contributed by atoms with E-state index in [-0.39, 0.29) is 5.41 Å². The van der Waals surface area contributed by atoms with Crippen molar-refractivity contribution in [2.75, 3.05) is 13.1 Å². The average Bonchev–Trinajstić information content (AvgIpc) is 2.88. The maximum absolute atomic E-state index is 12.7. The summed E-state index contributed by atoms with van der Waals surface area (Å²) in [5.74, 6) is 1.84. The molecular formula is C15H27NO. The third-order valence-electron chi connectivity index (χ3n) is 5.24. The van der Waals surface area contributed by atoms with Gasteiger partial charge in [0.1, 0.15) is 5.78 Å². The van der Waals surface area contributed by atoms with E-state index in [2.05, 4.69) is 19.2 Å². The van der Waals surface area contributed by atoms with Crippen molar-refractivity contribution in [3.8, 4) is 0 Å². The molecule has 2 nitrogen and oxygen atoms in total. The fraction of sp³-hybridized carbons (Fsp3) is 0.933. The van der Waals surface area contributed by atoms with Gasteiger partial charge in [-0.1, -0.05) is 20.3 Å². The standard InChI is InChI=1S/C15H27NO/c1-3-12-5-7-13(8-6-12)14(17)15(4-2)9-10-16-11-15/h12-13,16H,3-11H2,1-2H3. The van der Waals surface area contributed by atoms with E-state index < -0.39 is 0 Å². The molecule has 0 aromatic carbocycles. The van der Waals surface area contributed by atoms with Gasteiger partial charge in [-0.2, -0.15) is 0 Å². The molecular weight excluding hydrogens is 210 g/mol. The summed E-state index contributed by atoms with van der Waals surface area (Å²) in [6.45, 7) is 6.42. The van der Waals surface area contributed by atoms with E-state index >= 15 is 0 Å². The summed E-state index contributed by atoms with van der Waals surface area (Å²) < 4.78 is 0. The highest BCUT2D eigenvalue weighted by Crippen LogP contribution is 2.39. The zero-order valence-corrected chi connectivity index (χ0v) is 11.4. The Hall–Kier alpha value is -0.370. The highest BCUT2D eigenvalue weighted by molar-refractivity contribution is 5.87. The van der Waals surface area contributed by atoms with E-state index in [1.165, 1.54) is 19.3 Å². The zero-order chi connectivity index (χ0) is 12.3. The number of carbonyl (C=O) groups is 1. The number of nitrogens with one attached hydrogen (secondary N) is 1. The van der Waals surface area contributed by atoms with Crippen molar-refractivity contribution < 1.29 is 4.79 Å². The lowest BCUT2D eigenvalue weighted by Gasteiger charge is -2.34. The first-order chi connectivity index (χ1) is 8.22. The maximum atomic E-state index is 12.7. The normalized spacial score (nSPS) is 38.2. The smallest absolute Gasteiger partial charge is 0.143 e. The molecule has 2 heteroatoms. The molecule has 0 aromatic rings. The first-order valence-electron chi connectivity index (χ1n) is 7.47. The van der Waals surface area contributed by atoms with Gasteiger partial charge in [0.05, 0.1) is 0 Å². The second kappa shape index (κ2) is 5.51. The predicted molar refractivity (Wildman–Crippen MR) is 71.0 cm³/mol. The summed E-state index contributed by atoms with van der Waals surface area (Å²) in [5.41, 5.74) is -0.0102. The van der Waals surface area contributed by atoms with Crippen LogP contribution in [0.25, 0.3) is 0 Å². The summed E-state index contributed by atoms with van der Waals surface area (Å²) in [6.07, 6.45) is 8.24. The molecule has 1 aliphatic heterocycles. The van der Waals surface area contributed by atoms with Crippen molar-refractivity contribution in [3.63, 3.8) is 0 Å². The Kier molecular flexibility index (Phi) is 4.24. The molecule has 98 valence electrons. The van der Waals surface area contributed by atoms with Crippen LogP contribution in [0.5, 0.6) is 0 Å². The van der Waals surface area contributed by atoms with E-state index in [1.54, 1.807) is 0 Å². The third kappa shape index (κ3) is 2.57. The number of hydrogen-bond acceptors (Lipinski definition) is 2. The molecule has 0 aromatic heterocycles. The summed E-state index contributed by atoms with van der Waals surface area (Å²) in [5, 5.41) is 3.38. The minimum Gasteiger partial charge on any atom is -0.316 e. The fourth-order valence-electron chi connectivity index (χ4n) is 3.70. The molecule has 1 saturated carbocycles. The van der Waals surface area contributed by atoms with Crippen LogP contribution in [0.1, 0.15) is 58.8 Å². The Bertz CT molecular complexity index is 260. The lowest BCUT2D eigenvalue weighted by molar-refractivity contribution is -0.133. The van der Waals surface area contributed by atoms with Crippen molar-refractivity contribution >= 4 is 5.78 Å². The van der Waals surface area contributed by atoms with E-state index in [0.717, 1.165) is 44.7 Å². The fourth-order valence-corrected chi connectivity index (χ4v) is 3.70. The lowest BCUT2D eigenvalue weighted by atomic mass is 9.69. The van der Waals surface area contributed by atoms with Gasteiger partial charge in [0.15, 0.2) is 0 Å². The van der Waals surface area contributed by atoms with Crippen LogP contribution in [-0.2, 0) is 4.79 Å². The quantitative estimate of drug-likeness (QED) is 0.813. The highest BCUT2D eigenvalue weighted by atomic mass is 16.1. The first kappa shape index (κ1) is 13.1. The van der Waals surface area contributed by atoms with Crippen LogP contribution in [0, 0.1) is 17.3 Å². The van der Waals surface area contributed by atoms with Gasteiger partial charge in [0.2, 0.25) is 0 Å². The van der Waals surface area contributed by atoms with Crippen LogP contribution < -0.4 is 5.32 Å². The third-order valence-corrected chi connectivity index (χ3v) is 5.24. The Morgan fingerprint density at radius 1 is 1.24 bits per heavy atom. The minimum atomic E-state index is -0.0102. The first-order valence-corrected chi connectivity index (χ1v) is 7.47. The number of Topliss-reactive ketones (excluding diaryl/α,β-unsaturated/α-hetero) is 1. The molecule has 1 saturated heterocycles. The van der Waals surface area contributed by atoms with Crippen molar-refractivity contribution in [2.45, 2.75) is 58.8 Å². The van der Waals surface area contributed by atoms with E-state index in [1.807, 2.05) is 0 Å². The molecule has 2 aliphatic rings. The van der Waals surface area contributed by atoms with Crippen molar-refractivity contribution in [2.24, 2.45) is 17.3 Å². The Morgan fingerprint density at radius 3 is 2.41 bits per heavy atom. The van der Waals surface area contributed by atoms with Crippen LogP contribution in [0.2, 0.25) is 0 Å². The predicted octanol–water partition coefficient (Wildman–Crippen LogP) is 3.16. The summed E-state index contributed by atoms with van der Waals surface area (Å²) >= 11 is 0. The molecule has 17 heavy (non-hydrogen) atoms. The monoisotopic (exact) mass is 237 g/mol. The van der Waals surface area contributed by atoms with Gasteiger partial charge in [0, 0.05) is 17.9 Å². The minimum absolute atomic E-state index is 0.0102. The molecule has 1 atom stereocenters. The topological polar surface area (TPSA) is 29.1 Å². The van der Waals surface area contributed by atoms with Gasteiger partial charge < -0.3 is 5.32 Å². The van der Waals surface area contributed by atoms with Gasteiger partial charge in [-0.05, 0) is 51.0 Å². The number of rotatable bonds is 4. The zero-order valence-electron chi connectivity index (χ0n) is 11.4. The molecule has 1 N–H and O–H groups in total. The lowest BCUT2D eigenvalue weighted by Crippen LogP contribution is -2.38. The van der Waals surface area contributed by atoms with E-state index in [0.29, 0.717) is 11.7 Å². The Labute approximate surface area is 106 Å². The van der Waals surface area contributed by atoms with Crippen molar-refractivity contribution in [1.29, 1.82) is 0 Å². The molecule has 0 radical (unpaired) electrons. The van der Waals surface area contributed by atoms with E-state index in [9.17, 15) is 4.79 Å². The molecule has 0 amide bonds. The summed E-state index contributed by atoms with van der Waals surface area (Å²) in [4.78, 5) is 12.7. The van der Waals surface area contributed by atoms with Crippen LogP contribution in [-0.4, -0.2) is 18.9 Å². The Morgan fingerprint density at radius 2 is 1.94 bits per heavy atom. The van der Waals surface area contributed by atoms with E-state index in [4.69, 9.17) is 0 Å². The van der Waals surface area contributed by atoms with Crippen LogP contribution >= 0.6 is 0 Å². The summed E-state index contributed by atoms with van der Waals surface area (Å²) in [7, 11) is 0. The van der Waals surface area contributed by atoms with Crippen molar-refractivity contribution in [1.82, 2.24) is 5.32 Å². The van der Waals surface area contributed by atoms with Gasteiger partial charge >= 0.3 is 0 Å². The van der Waals surface area contributed by atoms with Gasteiger partial charge in [-0.15, -0.1) is 0 Å². The summed E-state index contributed by atoms with van der Waals surface area (Å²) in [6, 6.07) is 0. The van der Waals surface area contributed by atoms with Gasteiger partial charge in [0.25, 0.3) is 0 Å². The van der Waals surface area contributed by atoms with Gasteiger partial charge in [-0.3, -0.25) is 4.79 Å². The second-order valence-corrected chi connectivity index (χ2v) is 6.05. The maximum Gasteiger partial charge on any atom is 0.143 e. The number of hydrogen-bond donors (Lipinski definition) is 1. The largest absolute Gasteiger partial charge is 0.316 e. The molecule has 1 aliphatic carbocycles. The van der Waals surface area contributed by atoms with Crippen LogP contribution in [0.15, 0.2) is 0 Å². The highest BCUT2D eigenvalue weighted by Gasteiger charge is 2.43. The average molecular weight is 237 g/mol. The van der Waals surface area contributed by atoms with Gasteiger partial charge in [-0.25, -0.2) is 0 Å². The number of carbonyl (C=O) groups excluding carboxylic acids is 1. The molecule has 1 unspecified atom stereocenters. The van der Waals surface area contributed by atoms with Crippen LogP contribution in [0.3, 0.4) is 0 Å².